The fourth-order valence-electron chi connectivity index (χ4n) is 3.44. The van der Waals surface area contributed by atoms with E-state index in [1.807, 2.05) is 11.4 Å². The van der Waals surface area contributed by atoms with Gasteiger partial charge in [-0.1, -0.05) is 11.2 Å². The van der Waals surface area contributed by atoms with Crippen LogP contribution >= 0.6 is 34.9 Å². The fraction of sp³-hybridized carbons (Fsp3) is 0.333. The first-order valence-corrected chi connectivity index (χ1v) is 13.2. The van der Waals surface area contributed by atoms with Gasteiger partial charge < -0.3 is 25.9 Å². The molecule has 14 heteroatoms. The van der Waals surface area contributed by atoms with Crippen molar-refractivity contribution in [1.29, 1.82) is 0 Å². The van der Waals surface area contributed by atoms with E-state index in [0.29, 0.717) is 11.6 Å². The van der Waals surface area contributed by atoms with Gasteiger partial charge in [0, 0.05) is 36.5 Å². The molecule has 0 aromatic carbocycles. The van der Waals surface area contributed by atoms with E-state index in [4.69, 9.17) is 10.6 Å². The van der Waals surface area contributed by atoms with Gasteiger partial charge in [-0.05, 0) is 23.1 Å². The molecule has 2 aliphatic rings. The highest BCUT2D eigenvalue weighted by molar-refractivity contribution is 8.06. The molecule has 4 N–H and O–H groups in total. The van der Waals surface area contributed by atoms with Gasteiger partial charge in [-0.2, -0.15) is 0 Å². The smallest absolute Gasteiger partial charge is 0.322 e. The fourth-order valence-corrected chi connectivity index (χ4v) is 6.70. The molecule has 4 rings (SSSR count). The molecule has 2 amide bonds. The lowest BCUT2D eigenvalue weighted by molar-refractivity contribution is -0.151. The molecule has 2 aliphatic heterocycles. The summed E-state index contributed by atoms with van der Waals surface area (Å²) in [5.41, 5.74) is 7.19. The zero-order valence-corrected chi connectivity index (χ0v) is 20.7. The Morgan fingerprint density at radius 2 is 2.34 bits per heavy atom. The number of fused-ring (bicyclic) bond motifs is 1. The Hall–Kier alpha value is -3.10. The molecule has 0 radical (unpaired) electrons. The number of nitrogen functional groups attached to an aromatic ring is 1. The average Bonchev–Trinajstić information content (AvgIpc) is 3.27. The summed E-state index contributed by atoms with van der Waals surface area (Å²) in [6, 6.07) is 2.92. The molecule has 3 atom stereocenters. The minimum Gasteiger partial charge on any atom is -0.480 e. The van der Waals surface area contributed by atoms with Gasteiger partial charge >= 0.3 is 5.97 Å². The number of nitrogens with zero attached hydrogens (tertiary/aromatic N) is 4. The summed E-state index contributed by atoms with van der Waals surface area (Å²) in [7, 11) is 0. The standard InChI is InChI=1S/C21H22N6O5S3/c22-20-25-14(10-33-20)3-6-32-24-9-15(28)26-16-17(29)27-11-21(19(30)31,12-34-18(16)27)35-7-4-13-2-1-5-23-8-13/h1-2,4-5,7-10,16,18H,3,6,11-12H2,(H2,22,25)(H,26,28)(H,30,31)/t16?,18-,21?/m1/s1. The molecule has 0 saturated carbocycles. The first-order valence-electron chi connectivity index (χ1n) is 10.4. The van der Waals surface area contributed by atoms with E-state index in [1.165, 1.54) is 28.0 Å². The summed E-state index contributed by atoms with van der Waals surface area (Å²) in [5, 5.41) is 19.8. The third-order valence-electron chi connectivity index (χ3n) is 5.24. The summed E-state index contributed by atoms with van der Waals surface area (Å²) in [5.74, 6) is -1.60. The van der Waals surface area contributed by atoms with Gasteiger partial charge in [0.05, 0.1) is 5.69 Å². The number of amides is 2. The molecule has 2 unspecified atom stereocenters. The molecule has 2 aromatic heterocycles. The summed E-state index contributed by atoms with van der Waals surface area (Å²) >= 11 is 3.83. The number of nitrogens with one attached hydrogen (secondary N) is 1. The van der Waals surface area contributed by atoms with Crippen LogP contribution in [0.25, 0.3) is 6.08 Å². The Kier molecular flexibility index (Phi) is 7.93. The number of hydrogen-bond acceptors (Lipinski definition) is 11. The van der Waals surface area contributed by atoms with Crippen molar-refractivity contribution in [2.75, 3.05) is 24.6 Å². The van der Waals surface area contributed by atoms with E-state index in [0.717, 1.165) is 29.2 Å². The number of carbonyl (C=O) groups is 3. The highest BCUT2D eigenvalue weighted by Crippen LogP contribution is 2.44. The minimum atomic E-state index is -1.18. The number of hydrogen-bond donors (Lipinski definition) is 3. The Morgan fingerprint density at radius 1 is 1.49 bits per heavy atom. The molecule has 2 saturated heterocycles. The number of aromatic nitrogens is 2. The van der Waals surface area contributed by atoms with Crippen molar-refractivity contribution in [1.82, 2.24) is 20.2 Å². The van der Waals surface area contributed by atoms with Crippen molar-refractivity contribution in [3.05, 3.63) is 46.6 Å². The maximum Gasteiger partial charge on any atom is 0.322 e. The van der Waals surface area contributed by atoms with E-state index < -0.39 is 22.7 Å². The van der Waals surface area contributed by atoms with Crippen LogP contribution in [0, 0.1) is 0 Å². The second-order valence-corrected chi connectivity index (χ2v) is 10.9. The van der Waals surface area contributed by atoms with E-state index in [9.17, 15) is 19.5 Å². The van der Waals surface area contributed by atoms with Crippen molar-refractivity contribution in [2.24, 2.45) is 5.16 Å². The highest BCUT2D eigenvalue weighted by atomic mass is 32.2. The molecule has 2 fully saturated rings. The molecule has 0 bridgehead atoms. The van der Waals surface area contributed by atoms with Crippen LogP contribution in [-0.4, -0.2) is 79.0 Å². The summed E-state index contributed by atoms with van der Waals surface area (Å²) < 4.78 is -1.18. The predicted molar refractivity (Wildman–Crippen MR) is 136 cm³/mol. The van der Waals surface area contributed by atoms with Crippen LogP contribution in [0.1, 0.15) is 11.3 Å². The van der Waals surface area contributed by atoms with Crippen LogP contribution < -0.4 is 11.1 Å². The second-order valence-electron chi connectivity index (χ2n) is 7.66. The molecule has 184 valence electrons. The van der Waals surface area contributed by atoms with E-state index in [2.05, 4.69) is 20.4 Å². The number of oxime groups is 1. The molecule has 0 spiro atoms. The molecule has 11 nitrogen and oxygen atoms in total. The largest absolute Gasteiger partial charge is 0.480 e. The lowest BCUT2D eigenvalue weighted by Crippen LogP contribution is -2.74. The van der Waals surface area contributed by atoms with Crippen molar-refractivity contribution in [3.8, 4) is 0 Å². The number of aliphatic carboxylic acids is 1. The number of thiazole rings is 1. The first kappa shape index (κ1) is 25.0. The number of rotatable bonds is 10. The molecule has 35 heavy (non-hydrogen) atoms. The van der Waals surface area contributed by atoms with Crippen LogP contribution in [0.4, 0.5) is 5.13 Å². The molecular weight excluding hydrogens is 512 g/mol. The van der Waals surface area contributed by atoms with Crippen molar-refractivity contribution < 1.29 is 24.3 Å². The minimum absolute atomic E-state index is 0.0472. The number of carboxylic acids is 1. The van der Waals surface area contributed by atoms with Gasteiger partial charge in [-0.15, -0.1) is 34.9 Å². The quantitative estimate of drug-likeness (QED) is 0.175. The number of β-lactam (4-membered cyclic amide) rings is 1. The van der Waals surface area contributed by atoms with E-state index in [-0.39, 0.29) is 30.2 Å². The Balaban J connectivity index is 1.25. The van der Waals surface area contributed by atoms with E-state index in [1.54, 1.807) is 29.9 Å². The van der Waals surface area contributed by atoms with Gasteiger partial charge in [0.1, 0.15) is 29.0 Å². The maximum atomic E-state index is 12.6. The molecular formula is C21H22N6O5S3. The highest BCUT2D eigenvalue weighted by Gasteiger charge is 2.57. The number of carboxylic acid groups (broad SMARTS) is 1. The summed E-state index contributed by atoms with van der Waals surface area (Å²) in [4.78, 5) is 51.6. The van der Waals surface area contributed by atoms with Crippen molar-refractivity contribution in [3.63, 3.8) is 0 Å². The zero-order valence-electron chi connectivity index (χ0n) is 18.3. The topological polar surface area (TPSA) is 160 Å². The lowest BCUT2D eigenvalue weighted by Gasteiger charge is -2.53. The van der Waals surface area contributed by atoms with Crippen LogP contribution in [-0.2, 0) is 25.6 Å². The SMILES string of the molecule is Nc1nc(CCON=CC(=O)NC2C(=O)N3CC(SC=Cc4cccnc4)(C(=O)O)CS[C@H]23)cs1. The number of nitrogens with two attached hydrogens (primary N) is 1. The maximum absolute atomic E-state index is 12.6. The molecule has 4 heterocycles. The number of thioether (sulfide) groups is 2. The molecule has 2 aromatic rings. The zero-order chi connectivity index (χ0) is 24.8. The summed E-state index contributed by atoms with van der Waals surface area (Å²) in [6.45, 7) is 0.275. The van der Waals surface area contributed by atoms with E-state index >= 15 is 0 Å². The normalized spacial score (nSPS) is 23.8. The van der Waals surface area contributed by atoms with Crippen LogP contribution in [0.5, 0.6) is 0 Å². The van der Waals surface area contributed by atoms with Crippen LogP contribution in [0.2, 0.25) is 0 Å². The van der Waals surface area contributed by atoms with Gasteiger partial charge in [0.25, 0.3) is 5.91 Å². The van der Waals surface area contributed by atoms with Crippen LogP contribution in [0.3, 0.4) is 0 Å². The second kappa shape index (κ2) is 11.1. The number of carbonyl (C=O) groups excluding carboxylic acids is 2. The summed E-state index contributed by atoms with van der Waals surface area (Å²) in [6.07, 6.45) is 6.59. The third kappa shape index (κ3) is 5.94. The monoisotopic (exact) mass is 534 g/mol. The first-order chi connectivity index (χ1) is 16.9. The average molecular weight is 535 g/mol. The number of anilines is 1. The third-order valence-corrected chi connectivity index (χ3v) is 8.85. The van der Waals surface area contributed by atoms with Gasteiger partial charge in [0.15, 0.2) is 5.13 Å². The Morgan fingerprint density at radius 3 is 3.06 bits per heavy atom. The lowest BCUT2D eigenvalue weighted by atomic mass is 10.0. The Labute approximate surface area is 213 Å². The molecule has 0 aliphatic carbocycles. The number of pyridine rings is 1. The van der Waals surface area contributed by atoms with Crippen LogP contribution in [0.15, 0.2) is 40.5 Å². The van der Waals surface area contributed by atoms with Gasteiger partial charge in [-0.25, -0.2) is 4.98 Å². The van der Waals surface area contributed by atoms with Crippen molar-refractivity contribution >= 4 is 70.1 Å². The predicted octanol–water partition coefficient (Wildman–Crippen LogP) is 1.29. The van der Waals surface area contributed by atoms with Gasteiger partial charge in [0.2, 0.25) is 5.91 Å². The van der Waals surface area contributed by atoms with Gasteiger partial charge in [-0.3, -0.25) is 19.4 Å². The van der Waals surface area contributed by atoms with Crippen molar-refractivity contribution in [2.45, 2.75) is 22.6 Å². The Bertz CT molecular complexity index is 1140.